The Bertz CT molecular complexity index is 1600. The third kappa shape index (κ3) is 6.28. The van der Waals surface area contributed by atoms with Gasteiger partial charge in [0.15, 0.2) is 5.69 Å². The van der Waals surface area contributed by atoms with Gasteiger partial charge >= 0.3 is 12.3 Å². The van der Waals surface area contributed by atoms with Crippen molar-refractivity contribution >= 4 is 17.4 Å². The Morgan fingerprint density at radius 3 is 2.54 bits per heavy atom. The molecule has 0 aliphatic carbocycles. The summed E-state index contributed by atoms with van der Waals surface area (Å²) >= 11 is 1.28. The van der Waals surface area contributed by atoms with Crippen molar-refractivity contribution in [3.8, 4) is 17.2 Å². The molecule has 0 fully saturated rings. The molecule has 0 saturated carbocycles. The number of nitrogens with zero attached hydrogens (tertiary/aromatic N) is 5. The zero-order chi connectivity index (χ0) is 29.4. The van der Waals surface area contributed by atoms with E-state index in [0.717, 1.165) is 16.0 Å². The van der Waals surface area contributed by atoms with E-state index in [-0.39, 0.29) is 25.2 Å². The first kappa shape index (κ1) is 28.4. The molecule has 5 rings (SSSR count). The second-order valence-electron chi connectivity index (χ2n) is 10.9. The minimum Gasteiger partial charge on any atom is -0.444 e. The standard InChI is InChI=1S/C30H28F3N5O2S/c1-29(2,3)40-28(39)37-16-24(23-14-20(15-34)41-26(23)18-37)21-6-4-5-7-22(21)25-17-38(36-27(25)30(31,32)33)13-10-19-8-11-35-12-9-19/h4-9,11-12,14,17,24H,10,13,16,18H2,1-3H3/t24-/m0/s1. The van der Waals surface area contributed by atoms with Gasteiger partial charge in [-0.3, -0.25) is 9.67 Å². The van der Waals surface area contributed by atoms with Crippen molar-refractivity contribution in [3.05, 3.63) is 93.2 Å². The van der Waals surface area contributed by atoms with Gasteiger partial charge in [-0.1, -0.05) is 24.3 Å². The second-order valence-corrected chi connectivity index (χ2v) is 12.0. The molecule has 4 aromatic rings. The lowest BCUT2D eigenvalue weighted by molar-refractivity contribution is -0.141. The van der Waals surface area contributed by atoms with Crippen LogP contribution in [0.4, 0.5) is 18.0 Å². The Labute approximate surface area is 239 Å². The second kappa shape index (κ2) is 11.0. The van der Waals surface area contributed by atoms with E-state index in [1.807, 2.05) is 12.1 Å². The maximum Gasteiger partial charge on any atom is 0.435 e. The van der Waals surface area contributed by atoms with Gasteiger partial charge in [0.05, 0.1) is 6.54 Å². The van der Waals surface area contributed by atoms with Gasteiger partial charge in [-0.15, -0.1) is 11.3 Å². The molecule has 0 N–H and O–H groups in total. The van der Waals surface area contributed by atoms with Gasteiger partial charge in [-0.2, -0.15) is 23.5 Å². The minimum absolute atomic E-state index is 0.0329. The Hall–Kier alpha value is -4.17. The molecule has 0 saturated heterocycles. The summed E-state index contributed by atoms with van der Waals surface area (Å²) in [6.45, 7) is 6.03. The van der Waals surface area contributed by atoms with Crippen LogP contribution in [-0.4, -0.2) is 37.9 Å². The van der Waals surface area contributed by atoms with Gasteiger partial charge < -0.3 is 9.64 Å². The van der Waals surface area contributed by atoms with Gasteiger partial charge in [0, 0.05) is 48.0 Å². The van der Waals surface area contributed by atoms with Crippen LogP contribution in [0, 0.1) is 11.3 Å². The number of benzene rings is 1. The Balaban J connectivity index is 1.57. The number of carbonyl (C=O) groups is 1. The lowest BCUT2D eigenvalue weighted by atomic mass is 9.84. The lowest BCUT2D eigenvalue weighted by Gasteiger charge is -2.35. The molecule has 1 amide bonds. The quantitative estimate of drug-likeness (QED) is 0.254. The molecule has 212 valence electrons. The Kier molecular flexibility index (Phi) is 7.62. The van der Waals surface area contributed by atoms with E-state index in [9.17, 15) is 23.2 Å². The molecule has 0 bridgehead atoms. The first-order valence-corrected chi connectivity index (χ1v) is 13.9. The predicted molar refractivity (Wildman–Crippen MR) is 148 cm³/mol. The number of hydrogen-bond donors (Lipinski definition) is 0. The lowest BCUT2D eigenvalue weighted by Crippen LogP contribution is -2.41. The number of rotatable bonds is 5. The highest BCUT2D eigenvalue weighted by Crippen LogP contribution is 2.44. The van der Waals surface area contributed by atoms with Crippen molar-refractivity contribution < 1.29 is 22.7 Å². The highest BCUT2D eigenvalue weighted by atomic mass is 32.1. The molecule has 1 atom stereocenters. The molecule has 1 aromatic carbocycles. The fourth-order valence-corrected chi connectivity index (χ4v) is 6.02. The highest BCUT2D eigenvalue weighted by molar-refractivity contribution is 7.12. The maximum atomic E-state index is 14.3. The molecule has 4 heterocycles. The molecule has 41 heavy (non-hydrogen) atoms. The van der Waals surface area contributed by atoms with Gasteiger partial charge in [-0.05, 0) is 67.6 Å². The first-order chi connectivity index (χ1) is 19.4. The summed E-state index contributed by atoms with van der Waals surface area (Å²) in [7, 11) is 0. The molecule has 0 unspecified atom stereocenters. The SMILES string of the molecule is CC(C)(C)OC(=O)N1Cc2sc(C#N)cc2[C@H](c2ccccc2-c2cn(CCc3ccncc3)nc2C(F)(F)F)C1. The van der Waals surface area contributed by atoms with E-state index in [4.69, 9.17) is 4.74 Å². The number of ether oxygens (including phenoxy) is 1. The Morgan fingerprint density at radius 2 is 1.85 bits per heavy atom. The predicted octanol–water partition coefficient (Wildman–Crippen LogP) is 7.02. The summed E-state index contributed by atoms with van der Waals surface area (Å²) in [6.07, 6.45) is 0.0151. The number of carbonyl (C=O) groups excluding carboxylic acids is 1. The van der Waals surface area contributed by atoms with Gasteiger partial charge in [0.25, 0.3) is 0 Å². The molecule has 3 aromatic heterocycles. The number of alkyl halides is 3. The monoisotopic (exact) mass is 579 g/mol. The van der Waals surface area contributed by atoms with E-state index in [2.05, 4.69) is 16.2 Å². The summed E-state index contributed by atoms with van der Waals surface area (Å²) in [4.78, 5) is 19.9. The van der Waals surface area contributed by atoms with Gasteiger partial charge in [0.1, 0.15) is 16.5 Å². The van der Waals surface area contributed by atoms with Crippen LogP contribution in [0.3, 0.4) is 0 Å². The van der Waals surface area contributed by atoms with Crippen molar-refractivity contribution in [2.45, 2.75) is 58.0 Å². The number of amides is 1. The molecule has 7 nitrogen and oxygen atoms in total. The number of halogens is 3. The van der Waals surface area contributed by atoms with E-state index in [1.54, 1.807) is 68.4 Å². The third-order valence-electron chi connectivity index (χ3n) is 6.75. The van der Waals surface area contributed by atoms with Crippen LogP contribution in [0.1, 0.15) is 58.8 Å². The summed E-state index contributed by atoms with van der Waals surface area (Å²) in [5, 5.41) is 13.5. The van der Waals surface area contributed by atoms with Crippen LogP contribution in [-0.2, 0) is 30.4 Å². The van der Waals surface area contributed by atoms with Crippen LogP contribution >= 0.6 is 11.3 Å². The number of aryl methyl sites for hydroxylation is 2. The van der Waals surface area contributed by atoms with Crippen LogP contribution in [0.2, 0.25) is 0 Å². The number of aromatic nitrogens is 3. The van der Waals surface area contributed by atoms with Crippen LogP contribution in [0.5, 0.6) is 0 Å². The average Bonchev–Trinajstić information content (AvgIpc) is 3.55. The Morgan fingerprint density at radius 1 is 1.12 bits per heavy atom. The molecule has 1 aliphatic rings. The molecule has 11 heteroatoms. The van der Waals surface area contributed by atoms with E-state index in [1.165, 1.54) is 22.2 Å². The summed E-state index contributed by atoms with van der Waals surface area (Å²) in [5.41, 5.74) is 1.04. The number of fused-ring (bicyclic) bond motifs is 1. The summed E-state index contributed by atoms with van der Waals surface area (Å²) < 4.78 is 49.9. The summed E-state index contributed by atoms with van der Waals surface area (Å²) in [5.74, 6) is -0.470. The molecular formula is C30H28F3N5O2S. The molecular weight excluding hydrogens is 551 g/mol. The zero-order valence-electron chi connectivity index (χ0n) is 22.8. The number of nitriles is 1. The minimum atomic E-state index is -4.68. The van der Waals surface area contributed by atoms with E-state index in [0.29, 0.717) is 22.4 Å². The van der Waals surface area contributed by atoms with Crippen molar-refractivity contribution in [2.75, 3.05) is 6.54 Å². The smallest absolute Gasteiger partial charge is 0.435 e. The van der Waals surface area contributed by atoms with E-state index >= 15 is 0 Å². The number of hydrogen-bond acceptors (Lipinski definition) is 6. The first-order valence-electron chi connectivity index (χ1n) is 13.1. The van der Waals surface area contributed by atoms with E-state index < -0.39 is 29.5 Å². The maximum absolute atomic E-state index is 14.3. The molecule has 0 radical (unpaired) electrons. The number of thiophene rings is 1. The van der Waals surface area contributed by atoms with Crippen LogP contribution in [0.15, 0.2) is 61.1 Å². The fraction of sp³-hybridized carbons (Fsp3) is 0.333. The normalized spacial score (nSPS) is 15.3. The topological polar surface area (TPSA) is 84.0 Å². The fourth-order valence-electron chi connectivity index (χ4n) is 4.99. The van der Waals surface area contributed by atoms with Crippen molar-refractivity contribution in [3.63, 3.8) is 0 Å². The average molecular weight is 580 g/mol. The summed E-state index contributed by atoms with van der Waals surface area (Å²) in [6, 6.07) is 14.5. The van der Waals surface area contributed by atoms with Crippen molar-refractivity contribution in [1.82, 2.24) is 19.7 Å². The van der Waals surface area contributed by atoms with Gasteiger partial charge in [0.2, 0.25) is 0 Å². The third-order valence-corrected chi connectivity index (χ3v) is 7.79. The van der Waals surface area contributed by atoms with Crippen LogP contribution in [0.25, 0.3) is 11.1 Å². The zero-order valence-corrected chi connectivity index (χ0v) is 23.6. The van der Waals surface area contributed by atoms with Crippen LogP contribution < -0.4 is 0 Å². The highest BCUT2D eigenvalue weighted by Gasteiger charge is 2.40. The number of pyridine rings is 1. The van der Waals surface area contributed by atoms with Gasteiger partial charge in [-0.25, -0.2) is 4.79 Å². The molecule has 0 spiro atoms. The molecule has 1 aliphatic heterocycles. The van der Waals surface area contributed by atoms with Crippen molar-refractivity contribution in [1.29, 1.82) is 5.26 Å². The largest absolute Gasteiger partial charge is 0.444 e. The van der Waals surface area contributed by atoms with Crippen molar-refractivity contribution in [2.24, 2.45) is 0 Å².